The zero-order chi connectivity index (χ0) is 17.5. The second kappa shape index (κ2) is 6.38. The Labute approximate surface area is 154 Å². The predicted molar refractivity (Wildman–Crippen MR) is 101 cm³/mol. The lowest BCUT2D eigenvalue weighted by Crippen LogP contribution is -2.41. The zero-order valence-corrected chi connectivity index (χ0v) is 16.3. The minimum Gasteiger partial charge on any atom is -0.444 e. The van der Waals surface area contributed by atoms with Gasteiger partial charge in [0, 0.05) is 22.9 Å². The normalized spacial score (nSPS) is 18.3. The number of likely N-dealkylation sites (tertiary alicyclic amines) is 1. The maximum absolute atomic E-state index is 12.4. The van der Waals surface area contributed by atoms with Crippen LogP contribution in [-0.2, 0) is 11.3 Å². The molecule has 1 aliphatic rings. The number of ether oxygens (including phenoxy) is 1. The molecule has 3 heterocycles. The van der Waals surface area contributed by atoms with E-state index in [0.717, 1.165) is 34.0 Å². The number of halogens is 1. The van der Waals surface area contributed by atoms with Crippen LogP contribution in [0.3, 0.4) is 0 Å². The summed E-state index contributed by atoms with van der Waals surface area (Å²) in [4.78, 5) is 22.7. The number of amides is 1. The SMILES string of the molecule is CC(C)(C)OC(=O)N1CCC[C@H]1Cn1cc(I)c2c(N)ncnc21. The third-order valence-electron chi connectivity index (χ3n) is 4.05. The van der Waals surface area contributed by atoms with E-state index in [1.165, 1.54) is 6.33 Å². The third kappa shape index (κ3) is 3.42. The van der Waals surface area contributed by atoms with Crippen molar-refractivity contribution >= 4 is 45.5 Å². The van der Waals surface area contributed by atoms with Gasteiger partial charge >= 0.3 is 6.09 Å². The fourth-order valence-corrected chi connectivity index (χ4v) is 3.91. The van der Waals surface area contributed by atoms with Crippen molar-refractivity contribution in [2.75, 3.05) is 12.3 Å². The summed E-state index contributed by atoms with van der Waals surface area (Å²) in [5.41, 5.74) is 6.29. The van der Waals surface area contributed by atoms with Gasteiger partial charge in [0.05, 0.1) is 11.4 Å². The van der Waals surface area contributed by atoms with E-state index >= 15 is 0 Å². The molecule has 1 atom stereocenters. The van der Waals surface area contributed by atoms with Gasteiger partial charge in [-0.2, -0.15) is 0 Å². The van der Waals surface area contributed by atoms with Crippen molar-refractivity contribution in [3.63, 3.8) is 0 Å². The van der Waals surface area contributed by atoms with Gasteiger partial charge in [-0.15, -0.1) is 0 Å². The number of anilines is 1. The fourth-order valence-electron chi connectivity index (χ4n) is 3.05. The zero-order valence-electron chi connectivity index (χ0n) is 14.1. The molecule has 0 radical (unpaired) electrons. The molecule has 0 unspecified atom stereocenters. The van der Waals surface area contributed by atoms with E-state index in [0.29, 0.717) is 12.4 Å². The Morgan fingerprint density at radius 2 is 2.21 bits per heavy atom. The van der Waals surface area contributed by atoms with Crippen molar-refractivity contribution in [3.8, 4) is 0 Å². The Kier molecular flexibility index (Phi) is 4.58. The molecule has 0 aromatic carbocycles. The largest absolute Gasteiger partial charge is 0.444 e. The standard InChI is InChI=1S/C16H22IN5O2/c1-16(2,3)24-15(23)22-6-4-5-10(22)7-21-8-11(17)12-13(18)19-9-20-14(12)21/h8-10H,4-7H2,1-3H3,(H2,18,19,20)/t10-/m0/s1. The van der Waals surface area contributed by atoms with E-state index in [2.05, 4.69) is 37.1 Å². The number of aromatic nitrogens is 3. The summed E-state index contributed by atoms with van der Waals surface area (Å²) in [6.07, 6.45) is 5.19. The second-order valence-electron chi connectivity index (χ2n) is 7.06. The average Bonchev–Trinajstić information content (AvgIpc) is 3.04. The molecule has 24 heavy (non-hydrogen) atoms. The fraction of sp³-hybridized carbons (Fsp3) is 0.562. The van der Waals surface area contributed by atoms with Crippen LogP contribution >= 0.6 is 22.6 Å². The van der Waals surface area contributed by atoms with Crippen LogP contribution in [-0.4, -0.2) is 43.7 Å². The van der Waals surface area contributed by atoms with Crippen LogP contribution in [0.25, 0.3) is 11.0 Å². The van der Waals surface area contributed by atoms with Crippen molar-refractivity contribution in [3.05, 3.63) is 16.1 Å². The minimum atomic E-state index is -0.485. The van der Waals surface area contributed by atoms with Crippen molar-refractivity contribution in [1.29, 1.82) is 0 Å². The molecule has 0 bridgehead atoms. The Balaban J connectivity index is 1.83. The highest BCUT2D eigenvalue weighted by atomic mass is 127. The lowest BCUT2D eigenvalue weighted by atomic mass is 10.2. The summed E-state index contributed by atoms with van der Waals surface area (Å²) in [6.45, 7) is 7.06. The van der Waals surface area contributed by atoms with Crippen molar-refractivity contribution in [2.24, 2.45) is 0 Å². The molecule has 1 fully saturated rings. The first-order valence-electron chi connectivity index (χ1n) is 8.00. The van der Waals surface area contributed by atoms with Crippen LogP contribution in [0.1, 0.15) is 33.6 Å². The monoisotopic (exact) mass is 443 g/mol. The Bertz CT molecular complexity index is 768. The van der Waals surface area contributed by atoms with Gasteiger partial charge in [0.1, 0.15) is 23.4 Å². The highest BCUT2D eigenvalue weighted by molar-refractivity contribution is 14.1. The number of nitrogens with zero attached hydrogens (tertiary/aromatic N) is 4. The summed E-state index contributed by atoms with van der Waals surface area (Å²) < 4.78 is 8.61. The maximum Gasteiger partial charge on any atom is 0.410 e. The van der Waals surface area contributed by atoms with E-state index in [1.807, 2.05) is 31.9 Å². The molecule has 2 aromatic heterocycles. The van der Waals surface area contributed by atoms with Crippen LogP contribution in [0, 0.1) is 3.57 Å². The van der Waals surface area contributed by atoms with Crippen LogP contribution in [0.5, 0.6) is 0 Å². The molecule has 7 nitrogen and oxygen atoms in total. The highest BCUT2D eigenvalue weighted by Gasteiger charge is 2.32. The quantitative estimate of drug-likeness (QED) is 0.722. The number of carbonyl (C=O) groups excluding carboxylic acids is 1. The number of nitrogens with two attached hydrogens (primary N) is 1. The van der Waals surface area contributed by atoms with Gasteiger partial charge in [0.25, 0.3) is 0 Å². The molecule has 2 N–H and O–H groups in total. The van der Waals surface area contributed by atoms with Crippen LogP contribution in [0.4, 0.5) is 10.6 Å². The lowest BCUT2D eigenvalue weighted by Gasteiger charge is -2.28. The molecule has 0 spiro atoms. The van der Waals surface area contributed by atoms with Gasteiger partial charge in [-0.25, -0.2) is 14.8 Å². The third-order valence-corrected chi connectivity index (χ3v) is 4.87. The molecular formula is C16H22IN5O2. The van der Waals surface area contributed by atoms with E-state index in [-0.39, 0.29) is 12.1 Å². The van der Waals surface area contributed by atoms with Crippen LogP contribution in [0.15, 0.2) is 12.5 Å². The van der Waals surface area contributed by atoms with Crippen LogP contribution < -0.4 is 5.73 Å². The first kappa shape index (κ1) is 17.2. The average molecular weight is 443 g/mol. The molecule has 0 aliphatic carbocycles. The minimum absolute atomic E-state index is 0.0995. The number of carbonyl (C=O) groups is 1. The molecule has 1 aliphatic heterocycles. The van der Waals surface area contributed by atoms with Crippen molar-refractivity contribution < 1.29 is 9.53 Å². The first-order valence-corrected chi connectivity index (χ1v) is 9.08. The Morgan fingerprint density at radius 3 is 2.92 bits per heavy atom. The molecule has 1 saturated heterocycles. The Hall–Kier alpha value is -1.58. The topological polar surface area (TPSA) is 86.3 Å². The molecule has 1 amide bonds. The number of hydrogen-bond donors (Lipinski definition) is 1. The molecule has 0 saturated carbocycles. The van der Waals surface area contributed by atoms with Gasteiger partial charge in [-0.05, 0) is 56.2 Å². The highest BCUT2D eigenvalue weighted by Crippen LogP contribution is 2.28. The molecule has 3 rings (SSSR count). The molecule has 8 heteroatoms. The lowest BCUT2D eigenvalue weighted by molar-refractivity contribution is 0.0215. The molecule has 130 valence electrons. The van der Waals surface area contributed by atoms with Gasteiger partial charge in [0.2, 0.25) is 0 Å². The van der Waals surface area contributed by atoms with E-state index in [1.54, 1.807) is 0 Å². The predicted octanol–water partition coefficient (Wildman–Crippen LogP) is 3.02. The number of rotatable bonds is 2. The maximum atomic E-state index is 12.4. The Morgan fingerprint density at radius 1 is 1.46 bits per heavy atom. The summed E-state index contributed by atoms with van der Waals surface area (Å²) in [6, 6.07) is 0.0995. The number of fused-ring (bicyclic) bond motifs is 1. The second-order valence-corrected chi connectivity index (χ2v) is 8.22. The first-order chi connectivity index (χ1) is 11.3. The summed E-state index contributed by atoms with van der Waals surface area (Å²) in [7, 11) is 0. The van der Waals surface area contributed by atoms with Gasteiger partial charge in [-0.3, -0.25) is 0 Å². The van der Waals surface area contributed by atoms with E-state index in [4.69, 9.17) is 10.5 Å². The summed E-state index contributed by atoms with van der Waals surface area (Å²) in [5.74, 6) is 0.485. The van der Waals surface area contributed by atoms with Gasteiger partial charge in [-0.1, -0.05) is 0 Å². The molecular weight excluding hydrogens is 421 g/mol. The number of nitrogen functional groups attached to an aromatic ring is 1. The molecule has 2 aromatic rings. The van der Waals surface area contributed by atoms with Gasteiger partial charge in [0.15, 0.2) is 0 Å². The smallest absolute Gasteiger partial charge is 0.410 e. The van der Waals surface area contributed by atoms with E-state index < -0.39 is 5.60 Å². The number of hydrogen-bond acceptors (Lipinski definition) is 5. The van der Waals surface area contributed by atoms with E-state index in [9.17, 15) is 4.79 Å². The summed E-state index contributed by atoms with van der Waals surface area (Å²) in [5, 5.41) is 0.875. The summed E-state index contributed by atoms with van der Waals surface area (Å²) >= 11 is 2.24. The van der Waals surface area contributed by atoms with Crippen molar-refractivity contribution in [1.82, 2.24) is 19.4 Å². The van der Waals surface area contributed by atoms with Crippen molar-refractivity contribution in [2.45, 2.75) is 51.8 Å². The van der Waals surface area contributed by atoms with Crippen LogP contribution in [0.2, 0.25) is 0 Å². The van der Waals surface area contributed by atoms with Gasteiger partial charge < -0.3 is 19.9 Å².